The third-order valence-electron chi connectivity index (χ3n) is 4.56. The van der Waals surface area contributed by atoms with Crippen molar-refractivity contribution in [3.8, 4) is 0 Å². The summed E-state index contributed by atoms with van der Waals surface area (Å²) in [4.78, 5) is 4.56. The molecule has 0 amide bonds. The number of rotatable bonds is 3. The lowest BCUT2D eigenvalue weighted by Gasteiger charge is -2.09. The average molecular weight is 333 g/mol. The molecule has 0 spiro atoms. The van der Waals surface area contributed by atoms with E-state index in [9.17, 15) is 0 Å². The minimum Gasteiger partial charge on any atom is -0.455 e. The molecule has 0 fully saturated rings. The second kappa shape index (κ2) is 7.26. The van der Waals surface area contributed by atoms with Crippen LogP contribution in [0.15, 0.2) is 51.9 Å². The normalized spacial score (nSPS) is 16.0. The van der Waals surface area contributed by atoms with Crippen molar-refractivity contribution in [1.29, 1.82) is 0 Å². The molecule has 0 N–H and O–H groups in total. The predicted molar refractivity (Wildman–Crippen MR) is 109 cm³/mol. The van der Waals surface area contributed by atoms with Crippen LogP contribution >= 0.6 is 0 Å². The largest absolute Gasteiger partial charge is 0.455 e. The van der Waals surface area contributed by atoms with Crippen LogP contribution in [0.2, 0.25) is 0 Å². The topological polar surface area (TPSA) is 25.5 Å². The van der Waals surface area contributed by atoms with Gasteiger partial charge in [-0.25, -0.2) is 0 Å². The fraction of sp³-hybridized carbons (Fsp3) is 0.348. The van der Waals surface area contributed by atoms with Gasteiger partial charge in [0.05, 0.1) is 6.04 Å². The predicted octanol–water partition coefficient (Wildman–Crippen LogP) is 6.80. The number of hydrogen-bond acceptors (Lipinski definition) is 2. The molecule has 2 nitrogen and oxygen atoms in total. The first-order valence-electron chi connectivity index (χ1n) is 9.28. The molecule has 130 valence electrons. The highest BCUT2D eigenvalue weighted by Crippen LogP contribution is 2.38. The summed E-state index contributed by atoms with van der Waals surface area (Å²) in [6, 6.07) is 10.9. The van der Waals surface area contributed by atoms with Crippen LogP contribution in [0.5, 0.6) is 0 Å². The lowest BCUT2D eigenvalue weighted by molar-refractivity contribution is 0.620. The van der Waals surface area contributed by atoms with Crippen molar-refractivity contribution in [2.45, 2.75) is 47.1 Å². The van der Waals surface area contributed by atoms with E-state index in [1.54, 1.807) is 0 Å². The summed E-state index contributed by atoms with van der Waals surface area (Å²) in [7, 11) is 0. The van der Waals surface area contributed by atoms with Crippen molar-refractivity contribution in [1.82, 2.24) is 0 Å². The maximum absolute atomic E-state index is 6.40. The number of nitrogens with zero attached hydrogens (tertiary/aromatic N) is 1. The number of benzene rings is 2. The summed E-state index contributed by atoms with van der Waals surface area (Å²) in [5.41, 5.74) is 5.75. The smallest absolute Gasteiger partial charge is 0.141 e. The van der Waals surface area contributed by atoms with Crippen molar-refractivity contribution in [2.24, 2.45) is 10.9 Å². The van der Waals surface area contributed by atoms with Crippen molar-refractivity contribution in [3.05, 3.63) is 59.2 Å². The van der Waals surface area contributed by atoms with E-state index in [0.717, 1.165) is 17.6 Å². The van der Waals surface area contributed by atoms with E-state index in [2.05, 4.69) is 62.2 Å². The molecule has 1 unspecified atom stereocenters. The molecule has 0 saturated carbocycles. The number of para-hydroxylation sites is 1. The Morgan fingerprint density at radius 1 is 1.04 bits per heavy atom. The molecule has 2 heteroatoms. The highest BCUT2D eigenvalue weighted by atomic mass is 16.3. The SMILES string of the molecule is CC.Cc1ccc2c(oc3c(CC(C)C)cccc32)c1C1C=CC=N1. The van der Waals surface area contributed by atoms with Gasteiger partial charge in [-0.05, 0) is 36.5 Å². The zero-order valence-electron chi connectivity index (χ0n) is 15.8. The van der Waals surface area contributed by atoms with Crippen LogP contribution < -0.4 is 0 Å². The Labute approximate surface area is 150 Å². The molecule has 1 aliphatic rings. The molecule has 0 radical (unpaired) electrons. The van der Waals surface area contributed by atoms with Crippen LogP contribution in [0.1, 0.15) is 50.4 Å². The molecule has 0 aliphatic carbocycles. The lowest BCUT2D eigenvalue weighted by Crippen LogP contribution is -1.94. The lowest BCUT2D eigenvalue weighted by atomic mass is 9.97. The van der Waals surface area contributed by atoms with Crippen LogP contribution in [0.25, 0.3) is 21.9 Å². The second-order valence-corrected chi connectivity index (χ2v) is 6.79. The molecule has 0 saturated heterocycles. The van der Waals surface area contributed by atoms with Crippen molar-refractivity contribution >= 4 is 28.2 Å². The van der Waals surface area contributed by atoms with Gasteiger partial charge in [0.2, 0.25) is 0 Å². The summed E-state index contributed by atoms with van der Waals surface area (Å²) in [6.07, 6.45) is 7.04. The maximum Gasteiger partial charge on any atom is 0.141 e. The molecule has 3 aromatic rings. The van der Waals surface area contributed by atoms with E-state index in [0.29, 0.717) is 5.92 Å². The number of hydrogen-bond donors (Lipinski definition) is 0. The van der Waals surface area contributed by atoms with Gasteiger partial charge in [0, 0.05) is 22.6 Å². The van der Waals surface area contributed by atoms with Crippen molar-refractivity contribution < 1.29 is 4.42 Å². The molecule has 1 atom stereocenters. The monoisotopic (exact) mass is 333 g/mol. The first-order chi connectivity index (χ1) is 12.1. The summed E-state index contributed by atoms with van der Waals surface area (Å²) in [5, 5.41) is 2.41. The van der Waals surface area contributed by atoms with Crippen LogP contribution in [-0.4, -0.2) is 6.21 Å². The van der Waals surface area contributed by atoms with E-state index in [1.165, 1.54) is 27.5 Å². The Balaban J connectivity index is 0.000000880. The molecule has 25 heavy (non-hydrogen) atoms. The Bertz CT molecular complexity index is 932. The summed E-state index contributed by atoms with van der Waals surface area (Å²) < 4.78 is 6.40. The van der Waals surface area contributed by atoms with Crippen LogP contribution in [0.4, 0.5) is 0 Å². The Kier molecular flexibility index (Phi) is 5.08. The molecule has 4 rings (SSSR count). The van der Waals surface area contributed by atoms with Gasteiger partial charge in [0.15, 0.2) is 0 Å². The zero-order chi connectivity index (χ0) is 18.0. The average Bonchev–Trinajstić information content (AvgIpc) is 3.24. The second-order valence-electron chi connectivity index (χ2n) is 6.79. The van der Waals surface area contributed by atoms with Gasteiger partial charge in [-0.1, -0.05) is 64.1 Å². The summed E-state index contributed by atoms with van der Waals surface area (Å²) in [5.74, 6) is 0.609. The van der Waals surface area contributed by atoms with Crippen molar-refractivity contribution in [3.63, 3.8) is 0 Å². The number of fused-ring (bicyclic) bond motifs is 3. The number of aliphatic imine (C=N–C) groups is 1. The first-order valence-corrected chi connectivity index (χ1v) is 9.28. The maximum atomic E-state index is 6.40. The standard InChI is InChI=1S/C21H21NO.C2H6/c1-13(2)12-15-6-4-7-16-17-10-9-14(3)19(18-8-5-11-22-18)21(17)23-20(15)16;1-2/h4-11,13,18H,12H2,1-3H3;1-2H3. The highest BCUT2D eigenvalue weighted by Gasteiger charge is 2.20. The van der Waals surface area contributed by atoms with Gasteiger partial charge in [-0.15, -0.1) is 0 Å². The third kappa shape index (κ3) is 3.13. The fourth-order valence-electron chi connectivity index (χ4n) is 3.53. The van der Waals surface area contributed by atoms with Crippen LogP contribution in [0.3, 0.4) is 0 Å². The molecule has 0 bridgehead atoms. The summed E-state index contributed by atoms with van der Waals surface area (Å²) >= 11 is 0. The molecule has 2 aromatic carbocycles. The third-order valence-corrected chi connectivity index (χ3v) is 4.56. The first kappa shape index (κ1) is 17.5. The van der Waals surface area contributed by atoms with Gasteiger partial charge in [-0.2, -0.15) is 0 Å². The van der Waals surface area contributed by atoms with Gasteiger partial charge in [0.25, 0.3) is 0 Å². The Morgan fingerprint density at radius 3 is 2.48 bits per heavy atom. The summed E-state index contributed by atoms with van der Waals surface area (Å²) in [6.45, 7) is 10.6. The van der Waals surface area contributed by atoms with E-state index in [1.807, 2.05) is 26.1 Å². The van der Waals surface area contributed by atoms with E-state index >= 15 is 0 Å². The van der Waals surface area contributed by atoms with Crippen LogP contribution in [-0.2, 0) is 6.42 Å². The van der Waals surface area contributed by atoms with E-state index < -0.39 is 0 Å². The Morgan fingerprint density at radius 2 is 1.80 bits per heavy atom. The van der Waals surface area contributed by atoms with Crippen molar-refractivity contribution in [2.75, 3.05) is 0 Å². The van der Waals surface area contributed by atoms with E-state index in [4.69, 9.17) is 4.42 Å². The number of allylic oxidation sites excluding steroid dienone is 1. The minimum absolute atomic E-state index is 0.0767. The molecule has 1 aromatic heterocycles. The molecule has 1 aliphatic heterocycles. The number of furan rings is 1. The van der Waals surface area contributed by atoms with Gasteiger partial charge >= 0.3 is 0 Å². The molecular formula is C23H27NO. The molecular weight excluding hydrogens is 306 g/mol. The minimum atomic E-state index is 0.0767. The fourth-order valence-corrected chi connectivity index (χ4v) is 3.53. The van der Waals surface area contributed by atoms with Gasteiger partial charge in [0.1, 0.15) is 11.2 Å². The van der Waals surface area contributed by atoms with E-state index in [-0.39, 0.29) is 6.04 Å². The number of aryl methyl sites for hydroxylation is 1. The van der Waals surface area contributed by atoms with Crippen LogP contribution in [0, 0.1) is 12.8 Å². The molecule has 2 heterocycles. The van der Waals surface area contributed by atoms with Gasteiger partial charge < -0.3 is 4.42 Å². The van der Waals surface area contributed by atoms with Gasteiger partial charge in [-0.3, -0.25) is 4.99 Å². The highest BCUT2D eigenvalue weighted by molar-refractivity contribution is 6.07. The quantitative estimate of drug-likeness (QED) is 0.517. The zero-order valence-corrected chi connectivity index (χ0v) is 15.8. The Hall–Kier alpha value is -2.35.